The number of carbonyl (C=O) groups excluding carboxylic acids is 3. The molecule has 0 bridgehead atoms. The van der Waals surface area contributed by atoms with Crippen LogP contribution >= 0.6 is 0 Å². The summed E-state index contributed by atoms with van der Waals surface area (Å²) in [5.74, 6) is -1.31. The fourth-order valence-corrected chi connectivity index (χ4v) is 2.05. The molecule has 1 fully saturated rings. The van der Waals surface area contributed by atoms with E-state index in [1.54, 1.807) is 28.9 Å². The second-order valence-electron chi connectivity index (χ2n) is 4.22. The molecule has 2 aromatic heterocycles. The van der Waals surface area contributed by atoms with Gasteiger partial charge in [-0.1, -0.05) is 6.07 Å². The zero-order chi connectivity index (χ0) is 13.4. The Kier molecular flexibility index (Phi) is 2.52. The standard InChI is InChI=1S/C12H10N4O3/c17-10-6-15(7-11(18)14-10)12(19)8-5-13-16-4-2-1-3-9(8)16/h1-5H,6-7H2,(H,14,17,18). The summed E-state index contributed by atoms with van der Waals surface area (Å²) in [5.41, 5.74) is 1.02. The molecule has 0 unspecified atom stereocenters. The molecule has 2 aromatic rings. The predicted octanol–water partition coefficient (Wildman–Crippen LogP) is -0.567. The van der Waals surface area contributed by atoms with Crippen LogP contribution in [0.5, 0.6) is 0 Å². The summed E-state index contributed by atoms with van der Waals surface area (Å²) in [7, 11) is 0. The van der Waals surface area contributed by atoms with E-state index in [4.69, 9.17) is 0 Å². The molecule has 19 heavy (non-hydrogen) atoms. The Balaban J connectivity index is 1.95. The molecule has 96 valence electrons. The average molecular weight is 258 g/mol. The summed E-state index contributed by atoms with van der Waals surface area (Å²) < 4.78 is 1.57. The number of nitrogens with zero attached hydrogens (tertiary/aromatic N) is 3. The van der Waals surface area contributed by atoms with E-state index in [0.29, 0.717) is 11.1 Å². The van der Waals surface area contributed by atoms with Crippen LogP contribution in [-0.4, -0.2) is 45.3 Å². The van der Waals surface area contributed by atoms with Crippen molar-refractivity contribution in [1.82, 2.24) is 19.8 Å². The summed E-state index contributed by atoms with van der Waals surface area (Å²) in [4.78, 5) is 36.1. The third kappa shape index (κ3) is 1.95. The van der Waals surface area contributed by atoms with Gasteiger partial charge >= 0.3 is 0 Å². The number of imide groups is 1. The molecule has 3 heterocycles. The number of piperazine rings is 1. The van der Waals surface area contributed by atoms with Crippen LogP contribution in [0.3, 0.4) is 0 Å². The molecular formula is C12H10N4O3. The molecule has 0 atom stereocenters. The maximum Gasteiger partial charge on any atom is 0.258 e. The van der Waals surface area contributed by atoms with Crippen LogP contribution in [0, 0.1) is 0 Å². The van der Waals surface area contributed by atoms with E-state index in [1.165, 1.54) is 11.1 Å². The Morgan fingerprint density at radius 1 is 1.21 bits per heavy atom. The minimum absolute atomic E-state index is 0.116. The van der Waals surface area contributed by atoms with Crippen molar-refractivity contribution in [3.63, 3.8) is 0 Å². The van der Waals surface area contributed by atoms with Gasteiger partial charge in [0, 0.05) is 6.20 Å². The van der Waals surface area contributed by atoms with E-state index in [9.17, 15) is 14.4 Å². The minimum atomic E-state index is -0.471. The third-order valence-electron chi connectivity index (χ3n) is 2.89. The van der Waals surface area contributed by atoms with Crippen molar-refractivity contribution in [2.75, 3.05) is 13.1 Å². The fraction of sp³-hybridized carbons (Fsp3) is 0.167. The number of fused-ring (bicyclic) bond motifs is 1. The Morgan fingerprint density at radius 3 is 2.68 bits per heavy atom. The molecule has 3 rings (SSSR count). The number of rotatable bonds is 1. The lowest BCUT2D eigenvalue weighted by molar-refractivity contribution is -0.135. The lowest BCUT2D eigenvalue weighted by atomic mass is 10.2. The second kappa shape index (κ2) is 4.20. The first-order chi connectivity index (χ1) is 9.15. The van der Waals surface area contributed by atoms with E-state index in [1.807, 2.05) is 0 Å². The summed E-state index contributed by atoms with van der Waals surface area (Å²) in [5, 5.41) is 6.21. The molecular weight excluding hydrogens is 248 g/mol. The van der Waals surface area contributed by atoms with Crippen LogP contribution in [0.15, 0.2) is 30.6 Å². The number of hydrogen-bond donors (Lipinski definition) is 1. The van der Waals surface area contributed by atoms with Gasteiger partial charge in [0.2, 0.25) is 11.8 Å². The van der Waals surface area contributed by atoms with Gasteiger partial charge in [0.15, 0.2) is 0 Å². The van der Waals surface area contributed by atoms with Crippen LogP contribution in [-0.2, 0) is 9.59 Å². The highest BCUT2D eigenvalue weighted by molar-refractivity contribution is 6.07. The number of nitrogens with one attached hydrogen (secondary N) is 1. The quantitative estimate of drug-likeness (QED) is 0.694. The van der Waals surface area contributed by atoms with Gasteiger partial charge in [-0.2, -0.15) is 5.10 Å². The zero-order valence-electron chi connectivity index (χ0n) is 9.87. The molecule has 1 aliphatic rings. The predicted molar refractivity (Wildman–Crippen MR) is 64.2 cm³/mol. The molecule has 0 radical (unpaired) electrons. The van der Waals surface area contributed by atoms with Gasteiger partial charge in [0.1, 0.15) is 13.1 Å². The normalized spacial score (nSPS) is 15.7. The maximum atomic E-state index is 12.3. The number of pyridine rings is 1. The van der Waals surface area contributed by atoms with Crippen LogP contribution in [0.4, 0.5) is 0 Å². The van der Waals surface area contributed by atoms with Crippen LogP contribution in [0.2, 0.25) is 0 Å². The van der Waals surface area contributed by atoms with Gasteiger partial charge in [-0.15, -0.1) is 0 Å². The van der Waals surface area contributed by atoms with Gasteiger partial charge in [-0.3, -0.25) is 19.7 Å². The summed E-state index contributed by atoms with van der Waals surface area (Å²) in [6, 6.07) is 5.35. The van der Waals surface area contributed by atoms with Gasteiger partial charge < -0.3 is 4.90 Å². The van der Waals surface area contributed by atoms with Crippen molar-refractivity contribution >= 4 is 23.2 Å². The van der Waals surface area contributed by atoms with E-state index < -0.39 is 11.8 Å². The van der Waals surface area contributed by atoms with Crippen molar-refractivity contribution in [2.24, 2.45) is 0 Å². The minimum Gasteiger partial charge on any atom is -0.320 e. The molecule has 0 spiro atoms. The van der Waals surface area contributed by atoms with Crippen LogP contribution in [0.25, 0.3) is 5.52 Å². The molecule has 1 N–H and O–H groups in total. The third-order valence-corrected chi connectivity index (χ3v) is 2.89. The number of carbonyl (C=O) groups is 3. The average Bonchev–Trinajstić information content (AvgIpc) is 2.80. The van der Waals surface area contributed by atoms with Gasteiger partial charge in [0.25, 0.3) is 5.91 Å². The topological polar surface area (TPSA) is 83.8 Å². The smallest absolute Gasteiger partial charge is 0.258 e. The Bertz CT molecular complexity index is 675. The van der Waals surface area contributed by atoms with Gasteiger partial charge in [0.05, 0.1) is 17.3 Å². The van der Waals surface area contributed by atoms with Gasteiger partial charge in [-0.25, -0.2) is 4.52 Å². The van der Waals surface area contributed by atoms with Crippen molar-refractivity contribution in [3.05, 3.63) is 36.2 Å². The second-order valence-corrected chi connectivity index (χ2v) is 4.22. The summed E-state index contributed by atoms with van der Waals surface area (Å²) in [6.07, 6.45) is 3.16. The molecule has 1 saturated heterocycles. The zero-order valence-corrected chi connectivity index (χ0v) is 9.87. The molecule has 3 amide bonds. The van der Waals surface area contributed by atoms with Gasteiger partial charge in [-0.05, 0) is 12.1 Å². The monoisotopic (exact) mass is 258 g/mol. The number of hydrogen-bond acceptors (Lipinski definition) is 4. The molecule has 1 aliphatic heterocycles. The SMILES string of the molecule is O=C1CN(C(=O)c2cnn3ccccc23)CC(=O)N1. The highest BCUT2D eigenvalue weighted by Gasteiger charge is 2.28. The first-order valence-electron chi connectivity index (χ1n) is 5.69. The summed E-state index contributed by atoms with van der Waals surface area (Å²) in [6.45, 7) is -0.233. The largest absolute Gasteiger partial charge is 0.320 e. The first-order valence-corrected chi connectivity index (χ1v) is 5.69. The van der Waals surface area contributed by atoms with E-state index in [0.717, 1.165) is 0 Å². The fourth-order valence-electron chi connectivity index (χ4n) is 2.05. The number of aromatic nitrogens is 2. The highest BCUT2D eigenvalue weighted by atomic mass is 16.2. The molecule has 0 aliphatic carbocycles. The number of amides is 3. The molecule has 0 aromatic carbocycles. The van der Waals surface area contributed by atoms with Crippen molar-refractivity contribution < 1.29 is 14.4 Å². The Labute approximate surface area is 107 Å². The molecule has 0 saturated carbocycles. The summed E-state index contributed by atoms with van der Waals surface area (Å²) >= 11 is 0. The first kappa shape index (κ1) is 11.4. The lowest BCUT2D eigenvalue weighted by Gasteiger charge is -2.24. The van der Waals surface area contributed by atoms with Crippen LogP contribution in [0.1, 0.15) is 10.4 Å². The van der Waals surface area contributed by atoms with Crippen molar-refractivity contribution in [1.29, 1.82) is 0 Å². The Morgan fingerprint density at radius 2 is 1.95 bits per heavy atom. The molecule has 7 heteroatoms. The highest BCUT2D eigenvalue weighted by Crippen LogP contribution is 2.13. The van der Waals surface area contributed by atoms with E-state index in [2.05, 4.69) is 10.4 Å². The Hall–Kier alpha value is -2.70. The molecule has 7 nitrogen and oxygen atoms in total. The van der Waals surface area contributed by atoms with Crippen molar-refractivity contribution in [3.8, 4) is 0 Å². The van der Waals surface area contributed by atoms with E-state index in [-0.39, 0.29) is 19.0 Å². The van der Waals surface area contributed by atoms with Crippen LogP contribution < -0.4 is 5.32 Å². The van der Waals surface area contributed by atoms with Crippen molar-refractivity contribution in [2.45, 2.75) is 0 Å². The maximum absolute atomic E-state index is 12.3. The van der Waals surface area contributed by atoms with E-state index >= 15 is 0 Å². The lowest BCUT2D eigenvalue weighted by Crippen LogP contribution is -2.53.